The van der Waals surface area contributed by atoms with E-state index in [-0.39, 0.29) is 28.1 Å². The Morgan fingerprint density at radius 2 is 1.49 bits per heavy atom. The number of rotatable bonds is 4. The molecule has 0 N–H and O–H groups in total. The number of pyridine rings is 1. The summed E-state index contributed by atoms with van der Waals surface area (Å²) in [7, 11) is 0. The Bertz CT molecular complexity index is 1880. The number of nitrogens with zero attached hydrogens (tertiary/aromatic N) is 4. The molecule has 11 heteroatoms. The highest BCUT2D eigenvalue weighted by Gasteiger charge is 2.38. The van der Waals surface area contributed by atoms with E-state index in [1.807, 2.05) is 41.8 Å². The molecule has 0 amide bonds. The standard InChI is InChI=1S/C30H20F6N4S/c1-17-14-22(18(2)39(17)20-9-4-3-5-10-20)27-26-23(30(34,35)36)16-24(25-12-7-13-41-25)37-28(26)40(38-27)21-11-6-8-19(15-21)29(31,32)33/h3-16H,1-2H3. The van der Waals surface area contributed by atoms with Gasteiger partial charge >= 0.3 is 12.4 Å². The number of alkyl halides is 6. The summed E-state index contributed by atoms with van der Waals surface area (Å²) in [5.41, 5.74) is 0.458. The van der Waals surface area contributed by atoms with Crippen molar-refractivity contribution in [2.45, 2.75) is 26.2 Å². The summed E-state index contributed by atoms with van der Waals surface area (Å²) in [6, 6.07) is 19.7. The molecule has 0 atom stereocenters. The van der Waals surface area contributed by atoms with Crippen molar-refractivity contribution in [1.82, 2.24) is 19.3 Å². The fourth-order valence-electron chi connectivity index (χ4n) is 5.05. The maximum Gasteiger partial charge on any atom is 0.417 e. The third kappa shape index (κ3) is 4.69. The Balaban J connectivity index is 1.71. The maximum absolute atomic E-state index is 14.7. The molecule has 0 radical (unpaired) electrons. The minimum atomic E-state index is -4.80. The van der Waals surface area contributed by atoms with Crippen LogP contribution in [0.4, 0.5) is 26.3 Å². The largest absolute Gasteiger partial charge is 0.417 e. The Morgan fingerprint density at radius 3 is 2.15 bits per heavy atom. The van der Waals surface area contributed by atoms with Crippen LogP contribution < -0.4 is 0 Å². The average Bonchev–Trinajstić information content (AvgIpc) is 3.66. The number of aryl methyl sites for hydroxylation is 1. The minimum absolute atomic E-state index is 0.0229. The summed E-state index contributed by atoms with van der Waals surface area (Å²) in [5, 5.41) is 5.96. The van der Waals surface area contributed by atoms with E-state index < -0.39 is 23.5 Å². The lowest BCUT2D eigenvalue weighted by Gasteiger charge is -2.12. The minimum Gasteiger partial charge on any atom is -0.318 e. The summed E-state index contributed by atoms with van der Waals surface area (Å²) in [6.07, 6.45) is -9.45. The van der Waals surface area contributed by atoms with E-state index in [0.29, 0.717) is 16.1 Å². The smallest absolute Gasteiger partial charge is 0.318 e. The molecule has 6 aromatic rings. The van der Waals surface area contributed by atoms with Crippen molar-refractivity contribution >= 4 is 22.4 Å². The van der Waals surface area contributed by atoms with Crippen LogP contribution >= 0.6 is 11.3 Å². The van der Waals surface area contributed by atoms with Crippen molar-refractivity contribution in [3.8, 4) is 33.2 Å². The lowest BCUT2D eigenvalue weighted by Crippen LogP contribution is -2.08. The molecule has 208 valence electrons. The SMILES string of the molecule is Cc1cc(-c2nn(-c3cccc(C(F)(F)F)c3)c3nc(-c4cccs4)cc(C(F)(F)F)c23)c(C)n1-c1ccccc1. The predicted molar refractivity (Wildman–Crippen MR) is 146 cm³/mol. The van der Waals surface area contributed by atoms with Crippen LogP contribution in [0.1, 0.15) is 22.5 Å². The van der Waals surface area contributed by atoms with Gasteiger partial charge in [0.1, 0.15) is 5.69 Å². The summed E-state index contributed by atoms with van der Waals surface area (Å²) < 4.78 is 87.9. The van der Waals surface area contributed by atoms with Gasteiger partial charge in [-0.25, -0.2) is 9.67 Å². The van der Waals surface area contributed by atoms with Crippen molar-refractivity contribution in [1.29, 1.82) is 0 Å². The molecule has 0 saturated heterocycles. The monoisotopic (exact) mass is 582 g/mol. The highest BCUT2D eigenvalue weighted by molar-refractivity contribution is 7.13. The average molecular weight is 583 g/mol. The molecule has 2 aromatic carbocycles. The molecule has 41 heavy (non-hydrogen) atoms. The summed E-state index contributed by atoms with van der Waals surface area (Å²) in [4.78, 5) is 5.03. The molecule has 4 heterocycles. The first-order chi connectivity index (χ1) is 19.4. The van der Waals surface area contributed by atoms with Gasteiger partial charge in [-0.2, -0.15) is 31.4 Å². The van der Waals surface area contributed by atoms with Crippen LogP contribution in [-0.2, 0) is 12.4 Å². The number of halogens is 6. The first-order valence-electron chi connectivity index (χ1n) is 12.4. The molecule has 0 aliphatic rings. The molecular weight excluding hydrogens is 562 g/mol. The quantitative estimate of drug-likeness (QED) is 0.194. The molecule has 0 saturated carbocycles. The molecule has 0 bridgehead atoms. The van der Waals surface area contributed by atoms with Gasteiger partial charge in [0.05, 0.1) is 32.8 Å². The fourth-order valence-corrected chi connectivity index (χ4v) is 5.74. The van der Waals surface area contributed by atoms with Gasteiger partial charge in [0.15, 0.2) is 5.65 Å². The lowest BCUT2D eigenvalue weighted by atomic mass is 10.0. The second kappa shape index (κ2) is 9.62. The van der Waals surface area contributed by atoms with Crippen molar-refractivity contribution in [2.24, 2.45) is 0 Å². The number of hydrogen-bond donors (Lipinski definition) is 0. The van der Waals surface area contributed by atoms with E-state index in [1.54, 1.807) is 30.5 Å². The normalized spacial score (nSPS) is 12.4. The summed E-state index contributed by atoms with van der Waals surface area (Å²) in [5.74, 6) is 0. The van der Waals surface area contributed by atoms with Gasteiger partial charge in [-0.15, -0.1) is 11.3 Å². The number of thiophene rings is 1. The molecule has 4 nitrogen and oxygen atoms in total. The van der Waals surface area contributed by atoms with Gasteiger partial charge in [0, 0.05) is 22.6 Å². The zero-order valence-electron chi connectivity index (χ0n) is 21.5. The first kappa shape index (κ1) is 26.8. The zero-order chi connectivity index (χ0) is 29.1. The highest BCUT2D eigenvalue weighted by Crippen LogP contribution is 2.43. The zero-order valence-corrected chi connectivity index (χ0v) is 22.4. The molecule has 0 spiro atoms. The third-order valence-corrected chi connectivity index (χ3v) is 7.73. The van der Waals surface area contributed by atoms with Crippen LogP contribution in [0, 0.1) is 13.8 Å². The van der Waals surface area contributed by atoms with Gasteiger partial charge in [-0.1, -0.05) is 30.3 Å². The van der Waals surface area contributed by atoms with Gasteiger partial charge in [0.25, 0.3) is 0 Å². The Kier molecular flexibility index (Phi) is 6.29. The van der Waals surface area contributed by atoms with E-state index in [0.717, 1.165) is 34.3 Å². The molecule has 6 rings (SSSR count). The fraction of sp³-hybridized carbons (Fsp3) is 0.133. The van der Waals surface area contributed by atoms with E-state index in [4.69, 9.17) is 0 Å². The van der Waals surface area contributed by atoms with Crippen LogP contribution in [0.25, 0.3) is 44.2 Å². The number of aromatic nitrogens is 4. The van der Waals surface area contributed by atoms with Crippen LogP contribution in [0.2, 0.25) is 0 Å². The molecule has 0 fully saturated rings. The molecule has 0 unspecified atom stereocenters. The number of hydrogen-bond acceptors (Lipinski definition) is 3. The number of para-hydroxylation sites is 1. The van der Waals surface area contributed by atoms with Gasteiger partial charge in [-0.05, 0) is 67.8 Å². The van der Waals surface area contributed by atoms with Crippen LogP contribution in [-0.4, -0.2) is 19.3 Å². The van der Waals surface area contributed by atoms with Crippen molar-refractivity contribution < 1.29 is 26.3 Å². The highest BCUT2D eigenvalue weighted by atomic mass is 32.1. The Hall–Kier alpha value is -4.38. The topological polar surface area (TPSA) is 35.6 Å². The second-order valence-corrected chi connectivity index (χ2v) is 10.4. The van der Waals surface area contributed by atoms with E-state index in [9.17, 15) is 26.3 Å². The summed E-state index contributed by atoms with van der Waals surface area (Å²) >= 11 is 1.21. The van der Waals surface area contributed by atoms with Crippen LogP contribution in [0.5, 0.6) is 0 Å². The van der Waals surface area contributed by atoms with Gasteiger partial charge < -0.3 is 4.57 Å². The molecule has 0 aliphatic carbocycles. The Labute approximate surface area is 234 Å². The lowest BCUT2D eigenvalue weighted by molar-refractivity contribution is -0.138. The molecule has 0 aliphatic heterocycles. The first-order valence-corrected chi connectivity index (χ1v) is 13.3. The van der Waals surface area contributed by atoms with Crippen molar-refractivity contribution in [3.05, 3.63) is 107 Å². The van der Waals surface area contributed by atoms with Crippen molar-refractivity contribution in [3.63, 3.8) is 0 Å². The van der Waals surface area contributed by atoms with Crippen LogP contribution in [0.15, 0.2) is 84.2 Å². The Morgan fingerprint density at radius 1 is 0.756 bits per heavy atom. The van der Waals surface area contributed by atoms with E-state index in [1.165, 1.54) is 23.5 Å². The van der Waals surface area contributed by atoms with E-state index in [2.05, 4.69) is 10.1 Å². The number of benzene rings is 2. The predicted octanol–water partition coefficient (Wildman–Crippen LogP) is 9.26. The van der Waals surface area contributed by atoms with Gasteiger partial charge in [0.2, 0.25) is 0 Å². The van der Waals surface area contributed by atoms with Gasteiger partial charge in [-0.3, -0.25) is 0 Å². The summed E-state index contributed by atoms with van der Waals surface area (Å²) in [6.45, 7) is 3.60. The molecule has 4 aromatic heterocycles. The number of fused-ring (bicyclic) bond motifs is 1. The molecular formula is C30H20F6N4S. The van der Waals surface area contributed by atoms with Crippen LogP contribution in [0.3, 0.4) is 0 Å². The van der Waals surface area contributed by atoms with E-state index >= 15 is 0 Å². The maximum atomic E-state index is 14.7. The second-order valence-electron chi connectivity index (χ2n) is 9.49. The third-order valence-electron chi connectivity index (χ3n) is 6.84. The van der Waals surface area contributed by atoms with Crippen molar-refractivity contribution in [2.75, 3.05) is 0 Å².